The molecule has 0 saturated carbocycles. The van der Waals surface area contributed by atoms with E-state index in [1.807, 2.05) is 31.5 Å². The molecular formula is C13H23N3O3S. The van der Waals surface area contributed by atoms with E-state index in [9.17, 15) is 13.2 Å². The summed E-state index contributed by atoms with van der Waals surface area (Å²) in [5.74, 6) is -0.281. The molecule has 0 radical (unpaired) electrons. The topological polar surface area (TPSA) is 81.1 Å². The van der Waals surface area contributed by atoms with Gasteiger partial charge in [0.05, 0.1) is 5.69 Å². The lowest BCUT2D eigenvalue weighted by molar-refractivity contribution is -0.120. The fourth-order valence-corrected chi connectivity index (χ4v) is 2.30. The molecule has 0 fully saturated rings. The van der Waals surface area contributed by atoms with Gasteiger partial charge in [0.2, 0.25) is 5.91 Å². The molecule has 20 heavy (non-hydrogen) atoms. The Bertz CT molecular complexity index is 578. The molecule has 2 atom stereocenters. The average molecular weight is 301 g/mol. The van der Waals surface area contributed by atoms with Gasteiger partial charge >= 0.3 is 0 Å². The van der Waals surface area contributed by atoms with Gasteiger partial charge in [-0.2, -0.15) is 5.10 Å². The minimum absolute atomic E-state index is 0.170. The number of aromatic nitrogens is 2. The maximum Gasteiger partial charge on any atom is 0.238 e. The minimum atomic E-state index is -3.34. The highest BCUT2D eigenvalue weighted by Gasteiger charge is 2.23. The first kappa shape index (κ1) is 16.7. The van der Waals surface area contributed by atoms with Crippen molar-refractivity contribution < 1.29 is 13.2 Å². The summed E-state index contributed by atoms with van der Waals surface area (Å²) in [6, 6.07) is 2.00. The second-order valence-corrected chi connectivity index (χ2v) is 7.80. The van der Waals surface area contributed by atoms with Crippen LogP contribution in [0.25, 0.3) is 0 Å². The minimum Gasteiger partial charge on any atom is -0.355 e. The van der Waals surface area contributed by atoms with Crippen molar-refractivity contribution in [1.29, 1.82) is 0 Å². The van der Waals surface area contributed by atoms with Crippen molar-refractivity contribution in [3.63, 3.8) is 0 Å². The van der Waals surface area contributed by atoms with Crippen LogP contribution in [0.5, 0.6) is 0 Å². The molecular weight excluding hydrogens is 278 g/mol. The summed E-state index contributed by atoms with van der Waals surface area (Å²) in [7, 11) is -3.34. The number of sulfone groups is 1. The number of nitrogens with zero attached hydrogens (tertiary/aromatic N) is 2. The first-order chi connectivity index (χ1) is 9.11. The van der Waals surface area contributed by atoms with E-state index < -0.39 is 21.0 Å². The highest BCUT2D eigenvalue weighted by molar-refractivity contribution is 7.92. The van der Waals surface area contributed by atoms with E-state index in [-0.39, 0.29) is 5.92 Å². The fourth-order valence-electron chi connectivity index (χ4n) is 1.83. The van der Waals surface area contributed by atoms with Crippen LogP contribution in [0.3, 0.4) is 0 Å². The molecule has 0 spiro atoms. The molecule has 7 heteroatoms. The largest absolute Gasteiger partial charge is 0.355 e. The Morgan fingerprint density at radius 3 is 2.45 bits per heavy atom. The van der Waals surface area contributed by atoms with E-state index in [1.165, 1.54) is 6.92 Å². The van der Waals surface area contributed by atoms with Gasteiger partial charge < -0.3 is 5.32 Å². The van der Waals surface area contributed by atoms with E-state index in [0.717, 1.165) is 17.6 Å². The van der Waals surface area contributed by atoms with Crippen LogP contribution in [-0.4, -0.2) is 42.2 Å². The van der Waals surface area contributed by atoms with Crippen LogP contribution < -0.4 is 5.32 Å². The number of carbonyl (C=O) groups is 1. The number of amides is 1. The quantitative estimate of drug-likeness (QED) is 0.838. The van der Waals surface area contributed by atoms with Crippen molar-refractivity contribution in [2.75, 3.05) is 12.8 Å². The third-order valence-electron chi connectivity index (χ3n) is 3.22. The Kier molecular flexibility index (Phi) is 5.33. The molecule has 114 valence electrons. The van der Waals surface area contributed by atoms with Crippen molar-refractivity contribution in [2.24, 2.45) is 5.92 Å². The van der Waals surface area contributed by atoms with E-state index in [0.29, 0.717) is 13.1 Å². The second-order valence-electron chi connectivity index (χ2n) is 5.43. The third-order valence-corrected chi connectivity index (χ3v) is 4.72. The predicted octanol–water partition coefficient (Wildman–Crippen LogP) is 0.685. The molecule has 1 aromatic heterocycles. The van der Waals surface area contributed by atoms with Crippen LogP contribution in [0.4, 0.5) is 0 Å². The molecule has 1 rings (SSSR count). The number of rotatable bonds is 6. The van der Waals surface area contributed by atoms with Crippen LogP contribution in [-0.2, 0) is 21.2 Å². The van der Waals surface area contributed by atoms with Gasteiger partial charge in [-0.1, -0.05) is 6.92 Å². The maximum atomic E-state index is 11.7. The molecule has 0 bridgehead atoms. The van der Waals surface area contributed by atoms with E-state index >= 15 is 0 Å². The van der Waals surface area contributed by atoms with Crippen molar-refractivity contribution in [2.45, 2.75) is 39.5 Å². The van der Waals surface area contributed by atoms with Gasteiger partial charge in [-0.3, -0.25) is 9.48 Å². The van der Waals surface area contributed by atoms with Crippen LogP contribution in [0, 0.1) is 19.8 Å². The number of hydrogen-bond donors (Lipinski definition) is 1. The normalized spacial score (nSPS) is 14.8. The Labute approximate surface area is 120 Å². The molecule has 6 nitrogen and oxygen atoms in total. The highest BCUT2D eigenvalue weighted by atomic mass is 32.2. The molecule has 0 aromatic carbocycles. The van der Waals surface area contributed by atoms with Crippen molar-refractivity contribution >= 4 is 15.7 Å². The van der Waals surface area contributed by atoms with Gasteiger partial charge in [-0.05, 0) is 32.8 Å². The number of nitrogens with one attached hydrogen (secondary N) is 1. The first-order valence-corrected chi connectivity index (χ1v) is 8.54. The molecule has 0 saturated heterocycles. The van der Waals surface area contributed by atoms with E-state index in [4.69, 9.17) is 0 Å². The van der Waals surface area contributed by atoms with Crippen molar-refractivity contribution in [1.82, 2.24) is 15.1 Å². The summed E-state index contributed by atoms with van der Waals surface area (Å²) in [5, 5.41) is 6.03. The van der Waals surface area contributed by atoms with Crippen molar-refractivity contribution in [3.05, 3.63) is 17.5 Å². The zero-order valence-corrected chi connectivity index (χ0v) is 13.5. The fraction of sp³-hybridized carbons (Fsp3) is 0.692. The second kappa shape index (κ2) is 6.39. The number of carbonyl (C=O) groups excluding carboxylic acids is 1. The Balaban J connectivity index is 2.50. The van der Waals surface area contributed by atoms with Crippen molar-refractivity contribution in [3.8, 4) is 0 Å². The van der Waals surface area contributed by atoms with Gasteiger partial charge in [0.25, 0.3) is 0 Å². The molecule has 0 aliphatic heterocycles. The average Bonchev–Trinajstić information content (AvgIpc) is 2.62. The lowest BCUT2D eigenvalue weighted by Gasteiger charge is -2.16. The lowest BCUT2D eigenvalue weighted by atomic mass is 10.2. The first-order valence-electron chi connectivity index (χ1n) is 6.59. The Morgan fingerprint density at radius 2 is 2.00 bits per heavy atom. The van der Waals surface area contributed by atoms with E-state index in [1.54, 1.807) is 0 Å². The summed E-state index contributed by atoms with van der Waals surface area (Å²) < 4.78 is 24.5. The van der Waals surface area contributed by atoms with Crippen LogP contribution >= 0.6 is 0 Å². The molecule has 1 aromatic rings. The summed E-state index contributed by atoms with van der Waals surface area (Å²) in [5.41, 5.74) is 2.04. The maximum absolute atomic E-state index is 11.7. The zero-order valence-electron chi connectivity index (χ0n) is 12.7. The molecule has 0 aliphatic rings. The molecule has 0 aliphatic carbocycles. The standard InChI is InChI=1S/C13H23N3O3S/c1-9(8-16-11(3)6-10(2)15-16)7-14-13(17)12(4)20(5,18)19/h6,9,12H,7-8H2,1-5H3,(H,14,17). The summed E-state index contributed by atoms with van der Waals surface area (Å²) in [6.07, 6.45) is 1.07. The SMILES string of the molecule is Cc1cc(C)n(CC(C)CNC(=O)C(C)S(C)(=O)=O)n1. The molecule has 2 unspecified atom stereocenters. The van der Waals surface area contributed by atoms with Gasteiger partial charge in [0, 0.05) is 25.0 Å². The Morgan fingerprint density at radius 1 is 1.40 bits per heavy atom. The molecule has 1 N–H and O–H groups in total. The van der Waals surface area contributed by atoms with Crippen LogP contribution in [0.1, 0.15) is 25.2 Å². The zero-order chi connectivity index (χ0) is 15.5. The van der Waals surface area contributed by atoms with Crippen LogP contribution in [0.2, 0.25) is 0 Å². The monoisotopic (exact) mass is 301 g/mol. The molecule has 1 amide bonds. The smallest absolute Gasteiger partial charge is 0.238 e. The van der Waals surface area contributed by atoms with Gasteiger partial charge in [0.15, 0.2) is 9.84 Å². The summed E-state index contributed by atoms with van der Waals surface area (Å²) >= 11 is 0. The molecule has 1 heterocycles. The number of hydrogen-bond acceptors (Lipinski definition) is 4. The van der Waals surface area contributed by atoms with Gasteiger partial charge in [0.1, 0.15) is 5.25 Å². The lowest BCUT2D eigenvalue weighted by Crippen LogP contribution is -2.40. The third kappa shape index (κ3) is 4.63. The highest BCUT2D eigenvalue weighted by Crippen LogP contribution is 2.06. The summed E-state index contributed by atoms with van der Waals surface area (Å²) in [4.78, 5) is 11.7. The van der Waals surface area contributed by atoms with E-state index in [2.05, 4.69) is 10.4 Å². The number of aryl methyl sites for hydroxylation is 2. The Hall–Kier alpha value is -1.37. The summed E-state index contributed by atoms with van der Waals surface area (Å²) in [6.45, 7) is 8.42. The van der Waals surface area contributed by atoms with Gasteiger partial charge in [-0.25, -0.2) is 8.42 Å². The van der Waals surface area contributed by atoms with Gasteiger partial charge in [-0.15, -0.1) is 0 Å². The van der Waals surface area contributed by atoms with Crippen LogP contribution in [0.15, 0.2) is 6.07 Å². The predicted molar refractivity (Wildman–Crippen MR) is 78.2 cm³/mol.